The van der Waals surface area contributed by atoms with Gasteiger partial charge < -0.3 is 24.1 Å². The summed E-state index contributed by atoms with van der Waals surface area (Å²) in [7, 11) is -3.47. The van der Waals surface area contributed by atoms with E-state index in [1.54, 1.807) is 12.1 Å². The zero-order valence-corrected chi connectivity index (χ0v) is 18.9. The van der Waals surface area contributed by atoms with Crippen LogP contribution in [0.15, 0.2) is 12.1 Å². The van der Waals surface area contributed by atoms with Gasteiger partial charge >= 0.3 is 5.97 Å². The molecule has 1 aromatic carbocycles. The summed E-state index contributed by atoms with van der Waals surface area (Å²) in [4.78, 5) is 22.8. The molecule has 0 aliphatic rings. The minimum Gasteiger partial charge on any atom is -0.490 e. The van der Waals surface area contributed by atoms with Crippen molar-refractivity contribution in [3.05, 3.63) is 23.3 Å². The summed E-state index contributed by atoms with van der Waals surface area (Å²) in [5, 5.41) is 8.86. The molecule has 0 aromatic heterocycles. The first-order valence-corrected chi connectivity index (χ1v) is 11.6. The molecule has 10 nitrogen and oxygen atoms in total. The van der Waals surface area contributed by atoms with Crippen molar-refractivity contribution in [2.75, 3.05) is 52.5 Å². The Morgan fingerprint density at radius 3 is 2.13 bits per heavy atom. The van der Waals surface area contributed by atoms with Crippen molar-refractivity contribution in [1.82, 2.24) is 0 Å². The molecule has 0 saturated carbocycles. The van der Waals surface area contributed by atoms with E-state index in [4.69, 9.17) is 24.1 Å². The molecule has 1 N–H and O–H groups in total. The Balaban J connectivity index is 2.57. The Kier molecular flexibility index (Phi) is 12.1. The van der Waals surface area contributed by atoms with Crippen molar-refractivity contribution >= 4 is 21.9 Å². The van der Waals surface area contributed by atoms with E-state index in [0.29, 0.717) is 29.0 Å². The number of ketones is 1. The first kappa shape index (κ1) is 26.8. The summed E-state index contributed by atoms with van der Waals surface area (Å²) in [5.74, 6) is -0.535. The van der Waals surface area contributed by atoms with E-state index in [0.717, 1.165) is 12.7 Å². The number of hydrogen-bond donors (Lipinski definition) is 1. The SMILES string of the molecule is CCCc1c(OCC(=O)O)ccc(C(C)=O)c1OCCOCCOCCOS(C)(=O)=O. The van der Waals surface area contributed by atoms with Crippen LogP contribution in [0, 0.1) is 0 Å². The molecule has 0 radical (unpaired) electrons. The zero-order chi connectivity index (χ0) is 23.3. The molecule has 0 heterocycles. The van der Waals surface area contributed by atoms with Crippen LogP contribution in [0.25, 0.3) is 0 Å². The first-order valence-electron chi connectivity index (χ1n) is 9.79. The van der Waals surface area contributed by atoms with Crippen LogP contribution in [0.5, 0.6) is 11.5 Å². The number of hydrogen-bond acceptors (Lipinski definition) is 9. The van der Waals surface area contributed by atoms with Crippen molar-refractivity contribution in [1.29, 1.82) is 0 Å². The number of carbonyl (C=O) groups excluding carboxylic acids is 1. The van der Waals surface area contributed by atoms with Gasteiger partial charge in [-0.15, -0.1) is 0 Å². The summed E-state index contributed by atoms with van der Waals surface area (Å²) in [6.45, 7) is 3.87. The molecule has 11 heteroatoms. The number of rotatable bonds is 17. The normalized spacial score (nSPS) is 11.3. The maximum Gasteiger partial charge on any atom is 0.341 e. The van der Waals surface area contributed by atoms with Crippen LogP contribution >= 0.6 is 0 Å². The molecule has 0 saturated heterocycles. The molecule has 0 unspecified atom stereocenters. The van der Waals surface area contributed by atoms with E-state index in [1.807, 2.05) is 6.92 Å². The van der Waals surface area contributed by atoms with Crippen LogP contribution in [0.2, 0.25) is 0 Å². The highest BCUT2D eigenvalue weighted by molar-refractivity contribution is 7.85. The van der Waals surface area contributed by atoms with Gasteiger partial charge in [-0.3, -0.25) is 8.98 Å². The van der Waals surface area contributed by atoms with E-state index in [9.17, 15) is 18.0 Å². The highest BCUT2D eigenvalue weighted by atomic mass is 32.2. The average molecular weight is 463 g/mol. The van der Waals surface area contributed by atoms with E-state index in [1.165, 1.54) is 6.92 Å². The van der Waals surface area contributed by atoms with Gasteiger partial charge in [0.25, 0.3) is 10.1 Å². The molecule has 0 fully saturated rings. The summed E-state index contributed by atoms with van der Waals surface area (Å²) in [6.07, 6.45) is 2.27. The highest BCUT2D eigenvalue weighted by Crippen LogP contribution is 2.34. The first-order chi connectivity index (χ1) is 14.7. The smallest absolute Gasteiger partial charge is 0.341 e. The van der Waals surface area contributed by atoms with Crippen LogP contribution in [0.1, 0.15) is 36.2 Å². The fourth-order valence-electron chi connectivity index (χ4n) is 2.58. The number of Topliss-reactive ketones (excluding diaryl/α,β-unsaturated/α-hetero) is 1. The number of carboxylic acid groups (broad SMARTS) is 1. The molecule has 0 aliphatic carbocycles. The van der Waals surface area contributed by atoms with E-state index >= 15 is 0 Å². The Labute approximate surface area is 182 Å². The second-order valence-electron chi connectivity index (χ2n) is 6.51. The van der Waals surface area contributed by atoms with E-state index in [2.05, 4.69) is 4.18 Å². The van der Waals surface area contributed by atoms with Crippen molar-refractivity contribution in [3.8, 4) is 11.5 Å². The molecule has 0 amide bonds. The Morgan fingerprint density at radius 2 is 1.58 bits per heavy atom. The zero-order valence-electron chi connectivity index (χ0n) is 18.0. The number of ether oxygens (including phenoxy) is 4. The Bertz CT molecular complexity index is 819. The minimum atomic E-state index is -3.47. The number of carbonyl (C=O) groups is 2. The predicted octanol–water partition coefficient (Wildman–Crippen LogP) is 1.69. The van der Waals surface area contributed by atoms with E-state index in [-0.39, 0.29) is 45.4 Å². The molecular formula is C20H30O10S. The second kappa shape index (κ2) is 14.0. The molecule has 0 spiro atoms. The molecular weight excluding hydrogens is 432 g/mol. The van der Waals surface area contributed by atoms with Crippen LogP contribution in [0.3, 0.4) is 0 Å². The topological polar surface area (TPSA) is 135 Å². The van der Waals surface area contributed by atoms with Crippen LogP contribution in [0.4, 0.5) is 0 Å². The van der Waals surface area contributed by atoms with Gasteiger partial charge in [0.2, 0.25) is 0 Å². The van der Waals surface area contributed by atoms with Gasteiger partial charge in [0, 0.05) is 5.56 Å². The number of aliphatic carboxylic acids is 1. The fraction of sp³-hybridized carbons (Fsp3) is 0.600. The van der Waals surface area contributed by atoms with Gasteiger partial charge in [0.05, 0.1) is 44.9 Å². The molecule has 0 aliphatic heterocycles. The van der Waals surface area contributed by atoms with Gasteiger partial charge in [-0.25, -0.2) is 4.79 Å². The van der Waals surface area contributed by atoms with Crippen LogP contribution in [-0.4, -0.2) is 77.8 Å². The van der Waals surface area contributed by atoms with Crippen molar-refractivity contribution in [3.63, 3.8) is 0 Å². The third kappa shape index (κ3) is 11.1. The lowest BCUT2D eigenvalue weighted by Crippen LogP contribution is -2.16. The number of carboxylic acids is 1. The molecule has 1 rings (SSSR count). The van der Waals surface area contributed by atoms with E-state index < -0.39 is 22.7 Å². The number of benzene rings is 1. The molecule has 0 atom stereocenters. The lowest BCUT2D eigenvalue weighted by molar-refractivity contribution is -0.139. The molecule has 1 aromatic rings. The minimum absolute atomic E-state index is 0.0593. The third-order valence-electron chi connectivity index (χ3n) is 3.82. The standard InChI is InChI=1S/C20H30O10S/c1-4-5-17-18(29-14-19(22)23)7-6-16(15(2)21)20(17)28-12-10-26-8-9-27-11-13-30-31(3,24)25/h6-7H,4-5,8-14H2,1-3H3,(H,22,23). The third-order valence-corrected chi connectivity index (χ3v) is 4.41. The van der Waals surface area contributed by atoms with Gasteiger partial charge in [-0.05, 0) is 25.5 Å². The van der Waals surface area contributed by atoms with Crippen LogP contribution in [-0.2, 0) is 35.0 Å². The van der Waals surface area contributed by atoms with Gasteiger partial charge in [-0.2, -0.15) is 8.42 Å². The summed E-state index contributed by atoms with van der Waals surface area (Å²) < 4.78 is 47.9. The Hall–Kier alpha value is -2.21. The van der Waals surface area contributed by atoms with Gasteiger partial charge in [0.15, 0.2) is 12.4 Å². The molecule has 0 bridgehead atoms. The summed E-state index contributed by atoms with van der Waals surface area (Å²) in [5.41, 5.74) is 1.03. The maximum absolute atomic E-state index is 12.0. The fourth-order valence-corrected chi connectivity index (χ4v) is 2.95. The summed E-state index contributed by atoms with van der Waals surface area (Å²) in [6, 6.07) is 3.14. The van der Waals surface area contributed by atoms with Gasteiger partial charge in [-0.1, -0.05) is 13.3 Å². The maximum atomic E-state index is 12.0. The molecule has 176 valence electrons. The van der Waals surface area contributed by atoms with Crippen molar-refractivity contribution < 1.29 is 46.2 Å². The largest absolute Gasteiger partial charge is 0.490 e. The lowest BCUT2D eigenvalue weighted by Gasteiger charge is -2.18. The van der Waals surface area contributed by atoms with Crippen LogP contribution < -0.4 is 9.47 Å². The molecule has 31 heavy (non-hydrogen) atoms. The monoisotopic (exact) mass is 462 g/mol. The lowest BCUT2D eigenvalue weighted by atomic mass is 10.0. The quantitative estimate of drug-likeness (QED) is 0.207. The van der Waals surface area contributed by atoms with Crippen molar-refractivity contribution in [2.24, 2.45) is 0 Å². The van der Waals surface area contributed by atoms with Gasteiger partial charge in [0.1, 0.15) is 18.1 Å². The summed E-state index contributed by atoms with van der Waals surface area (Å²) >= 11 is 0. The highest BCUT2D eigenvalue weighted by Gasteiger charge is 2.18. The predicted molar refractivity (Wildman–Crippen MR) is 112 cm³/mol. The Morgan fingerprint density at radius 1 is 0.968 bits per heavy atom. The second-order valence-corrected chi connectivity index (χ2v) is 8.15. The average Bonchev–Trinajstić information content (AvgIpc) is 2.68. The van der Waals surface area contributed by atoms with Crippen molar-refractivity contribution in [2.45, 2.75) is 26.7 Å².